The van der Waals surface area contributed by atoms with Crippen molar-refractivity contribution in [1.82, 2.24) is 10.2 Å². The smallest absolute Gasteiger partial charge is 0.0328 e. The Kier molecular flexibility index (Phi) is 3.56. The lowest BCUT2D eigenvalue weighted by Gasteiger charge is -2.12. The maximum Gasteiger partial charge on any atom is 0.0328 e. The third-order valence-corrected chi connectivity index (χ3v) is 3.72. The minimum Gasteiger partial charge on any atom is -0.315 e. The van der Waals surface area contributed by atoms with Crippen LogP contribution in [0.25, 0.3) is 0 Å². The van der Waals surface area contributed by atoms with Crippen LogP contribution in [-0.2, 0) is 13.1 Å². The number of hydrogen-bond donors (Lipinski definition) is 1. The van der Waals surface area contributed by atoms with Gasteiger partial charge in [0.25, 0.3) is 0 Å². The molecule has 2 heterocycles. The van der Waals surface area contributed by atoms with E-state index < -0.39 is 0 Å². The number of nitrogens with zero attached hydrogens (tertiary/aromatic N) is 1. The highest BCUT2D eigenvalue weighted by atomic mass is 32.1. The third kappa shape index (κ3) is 2.56. The Labute approximate surface area is 89.9 Å². The van der Waals surface area contributed by atoms with Crippen LogP contribution in [0, 0.1) is 0 Å². The molecule has 1 saturated heterocycles. The van der Waals surface area contributed by atoms with Crippen molar-refractivity contribution < 1.29 is 0 Å². The molecule has 2 rings (SSSR count). The van der Waals surface area contributed by atoms with E-state index in [4.69, 9.17) is 0 Å². The summed E-state index contributed by atoms with van der Waals surface area (Å²) < 4.78 is 0. The summed E-state index contributed by atoms with van der Waals surface area (Å²) in [6, 6.07) is 4.52. The quantitative estimate of drug-likeness (QED) is 0.818. The van der Waals surface area contributed by atoms with Crippen LogP contribution in [0.15, 0.2) is 12.1 Å². The largest absolute Gasteiger partial charge is 0.315 e. The maximum absolute atomic E-state index is 3.19. The maximum atomic E-state index is 3.19. The van der Waals surface area contributed by atoms with Crippen LogP contribution in [0.2, 0.25) is 0 Å². The van der Waals surface area contributed by atoms with Crippen molar-refractivity contribution in [2.75, 3.05) is 20.1 Å². The van der Waals surface area contributed by atoms with Crippen molar-refractivity contribution >= 4 is 11.3 Å². The van der Waals surface area contributed by atoms with E-state index in [0.717, 1.165) is 13.1 Å². The summed E-state index contributed by atoms with van der Waals surface area (Å²) in [6.45, 7) is 4.75. The first-order valence-electron chi connectivity index (χ1n) is 5.33. The van der Waals surface area contributed by atoms with E-state index in [0.29, 0.717) is 0 Å². The van der Waals surface area contributed by atoms with Crippen molar-refractivity contribution in [1.29, 1.82) is 0 Å². The van der Waals surface area contributed by atoms with Crippen LogP contribution in [-0.4, -0.2) is 25.0 Å². The normalized spacial score (nSPS) is 17.8. The van der Waals surface area contributed by atoms with E-state index >= 15 is 0 Å². The lowest BCUT2D eigenvalue weighted by Crippen LogP contribution is -2.17. The fourth-order valence-corrected chi connectivity index (χ4v) is 3.01. The average molecular weight is 210 g/mol. The molecule has 0 aromatic carbocycles. The van der Waals surface area contributed by atoms with Gasteiger partial charge in [0.15, 0.2) is 0 Å². The van der Waals surface area contributed by atoms with Crippen molar-refractivity contribution in [2.45, 2.75) is 25.9 Å². The topological polar surface area (TPSA) is 15.3 Å². The molecule has 1 aromatic heterocycles. The molecular weight excluding hydrogens is 192 g/mol. The SMILES string of the molecule is CNCc1ccc(CN2CCCC2)s1. The highest BCUT2D eigenvalue weighted by Crippen LogP contribution is 2.20. The van der Waals surface area contributed by atoms with E-state index in [-0.39, 0.29) is 0 Å². The van der Waals surface area contributed by atoms with E-state index in [1.165, 1.54) is 35.7 Å². The summed E-state index contributed by atoms with van der Waals surface area (Å²) in [5, 5.41) is 3.19. The first-order chi connectivity index (χ1) is 6.88. The first-order valence-corrected chi connectivity index (χ1v) is 6.14. The Morgan fingerprint density at radius 1 is 1.29 bits per heavy atom. The zero-order chi connectivity index (χ0) is 9.80. The molecule has 1 aliphatic heterocycles. The average Bonchev–Trinajstić information content (AvgIpc) is 2.79. The van der Waals surface area contributed by atoms with Crippen LogP contribution in [0.5, 0.6) is 0 Å². The molecule has 0 bridgehead atoms. The van der Waals surface area contributed by atoms with Crippen LogP contribution in [0.1, 0.15) is 22.6 Å². The Hall–Kier alpha value is -0.380. The lowest BCUT2D eigenvalue weighted by atomic mass is 10.4. The molecule has 1 N–H and O–H groups in total. The van der Waals surface area contributed by atoms with Gasteiger partial charge in [-0.05, 0) is 45.1 Å². The lowest BCUT2D eigenvalue weighted by molar-refractivity contribution is 0.334. The molecule has 0 spiro atoms. The van der Waals surface area contributed by atoms with Crippen molar-refractivity contribution in [2.24, 2.45) is 0 Å². The van der Waals surface area contributed by atoms with Gasteiger partial charge in [-0.15, -0.1) is 11.3 Å². The second kappa shape index (κ2) is 4.91. The fraction of sp³-hybridized carbons (Fsp3) is 0.636. The second-order valence-electron chi connectivity index (χ2n) is 3.88. The number of likely N-dealkylation sites (tertiary alicyclic amines) is 1. The predicted molar refractivity (Wildman–Crippen MR) is 61.6 cm³/mol. The van der Waals surface area contributed by atoms with Gasteiger partial charge in [0.1, 0.15) is 0 Å². The molecule has 0 atom stereocenters. The molecule has 0 radical (unpaired) electrons. The van der Waals surface area contributed by atoms with E-state index in [1.807, 2.05) is 18.4 Å². The standard InChI is InChI=1S/C11H18N2S/c1-12-8-10-4-5-11(14-10)9-13-6-2-3-7-13/h4-5,12H,2-3,6-9H2,1H3. The van der Waals surface area contributed by atoms with Gasteiger partial charge in [-0.2, -0.15) is 0 Å². The molecule has 2 nitrogen and oxygen atoms in total. The van der Waals surface area contributed by atoms with Crippen molar-refractivity contribution in [3.63, 3.8) is 0 Å². The van der Waals surface area contributed by atoms with Gasteiger partial charge in [0.2, 0.25) is 0 Å². The highest BCUT2D eigenvalue weighted by Gasteiger charge is 2.12. The number of hydrogen-bond acceptors (Lipinski definition) is 3. The van der Waals surface area contributed by atoms with Gasteiger partial charge in [0.05, 0.1) is 0 Å². The minimum atomic E-state index is 1.00. The molecule has 14 heavy (non-hydrogen) atoms. The number of rotatable bonds is 4. The van der Waals surface area contributed by atoms with Crippen molar-refractivity contribution in [3.05, 3.63) is 21.9 Å². The zero-order valence-corrected chi connectivity index (χ0v) is 9.57. The number of thiophene rings is 1. The Bertz CT molecular complexity index is 277. The van der Waals surface area contributed by atoms with Gasteiger partial charge in [0, 0.05) is 22.8 Å². The molecule has 1 aromatic rings. The Morgan fingerprint density at radius 2 is 2.00 bits per heavy atom. The predicted octanol–water partition coefficient (Wildman–Crippen LogP) is 2.06. The van der Waals surface area contributed by atoms with Gasteiger partial charge < -0.3 is 5.32 Å². The fourth-order valence-electron chi connectivity index (χ4n) is 1.94. The van der Waals surface area contributed by atoms with Gasteiger partial charge in [-0.25, -0.2) is 0 Å². The van der Waals surface area contributed by atoms with Gasteiger partial charge >= 0.3 is 0 Å². The molecule has 3 heteroatoms. The Balaban J connectivity index is 1.88. The summed E-state index contributed by atoms with van der Waals surface area (Å²) in [4.78, 5) is 5.51. The first kappa shape index (κ1) is 10.1. The van der Waals surface area contributed by atoms with E-state index in [9.17, 15) is 0 Å². The summed E-state index contributed by atoms with van der Waals surface area (Å²) in [6.07, 6.45) is 2.77. The monoisotopic (exact) mass is 210 g/mol. The Morgan fingerprint density at radius 3 is 2.71 bits per heavy atom. The van der Waals surface area contributed by atoms with E-state index in [2.05, 4.69) is 22.3 Å². The summed E-state index contributed by atoms with van der Waals surface area (Å²) in [5.74, 6) is 0. The second-order valence-corrected chi connectivity index (χ2v) is 5.13. The molecule has 0 amide bonds. The molecule has 1 fully saturated rings. The minimum absolute atomic E-state index is 1.00. The zero-order valence-electron chi connectivity index (χ0n) is 8.75. The molecule has 0 unspecified atom stereocenters. The molecule has 1 aliphatic rings. The highest BCUT2D eigenvalue weighted by molar-refractivity contribution is 7.11. The summed E-state index contributed by atoms with van der Waals surface area (Å²) >= 11 is 1.94. The number of nitrogens with one attached hydrogen (secondary N) is 1. The molecule has 0 saturated carbocycles. The van der Waals surface area contributed by atoms with Crippen LogP contribution in [0.3, 0.4) is 0 Å². The van der Waals surface area contributed by atoms with Gasteiger partial charge in [-0.3, -0.25) is 4.90 Å². The van der Waals surface area contributed by atoms with Gasteiger partial charge in [-0.1, -0.05) is 0 Å². The third-order valence-electron chi connectivity index (χ3n) is 2.65. The van der Waals surface area contributed by atoms with E-state index in [1.54, 1.807) is 0 Å². The van der Waals surface area contributed by atoms with Crippen molar-refractivity contribution in [3.8, 4) is 0 Å². The van der Waals surface area contributed by atoms with Crippen LogP contribution >= 0.6 is 11.3 Å². The summed E-state index contributed by atoms with van der Waals surface area (Å²) in [7, 11) is 2.00. The summed E-state index contributed by atoms with van der Waals surface area (Å²) in [5.41, 5.74) is 0. The molecular formula is C11H18N2S. The van der Waals surface area contributed by atoms with Crippen LogP contribution < -0.4 is 5.32 Å². The van der Waals surface area contributed by atoms with Crippen LogP contribution in [0.4, 0.5) is 0 Å². The molecule has 0 aliphatic carbocycles. The molecule has 78 valence electrons.